The van der Waals surface area contributed by atoms with Gasteiger partial charge in [-0.15, -0.1) is 0 Å². The molecule has 1 aliphatic heterocycles. The van der Waals surface area contributed by atoms with Crippen molar-refractivity contribution in [1.29, 1.82) is 0 Å². The maximum atomic E-state index is 10.3. The molecular weight excluding hydrogens is 260 g/mol. The average Bonchev–Trinajstić information content (AvgIpc) is 2.50. The van der Waals surface area contributed by atoms with Gasteiger partial charge in [-0.05, 0) is 30.0 Å². The van der Waals surface area contributed by atoms with Gasteiger partial charge in [0.15, 0.2) is 0 Å². The molecule has 3 nitrogen and oxygen atoms in total. The molecule has 1 heterocycles. The van der Waals surface area contributed by atoms with E-state index in [0.29, 0.717) is 5.75 Å². The molecule has 0 aliphatic carbocycles. The normalized spacial score (nSPS) is 13.8. The standard InChI is InChI=1S/C18H16N2O/c1-11-5-2-8-13(17(11)21)18-19-14-9-3-6-12-7-4-10-15(20-18)16(12)14/h2-10,18-21H,1H3. The number of phenols is 1. The van der Waals surface area contributed by atoms with Crippen molar-refractivity contribution in [2.24, 2.45) is 0 Å². The Labute approximate surface area is 123 Å². The minimum Gasteiger partial charge on any atom is -0.507 e. The first-order chi connectivity index (χ1) is 10.2. The molecule has 0 fully saturated rings. The number of aromatic hydroxyl groups is 1. The Morgan fingerprint density at radius 3 is 2.14 bits per heavy atom. The Kier molecular flexibility index (Phi) is 2.54. The van der Waals surface area contributed by atoms with Crippen LogP contribution in [0, 0.1) is 6.92 Å². The lowest BCUT2D eigenvalue weighted by Gasteiger charge is -2.30. The second-order valence-electron chi connectivity index (χ2n) is 5.44. The van der Waals surface area contributed by atoms with Gasteiger partial charge in [0.1, 0.15) is 11.9 Å². The fraction of sp³-hybridized carbons (Fsp3) is 0.111. The minimum atomic E-state index is -0.134. The molecule has 104 valence electrons. The topological polar surface area (TPSA) is 44.3 Å². The van der Waals surface area contributed by atoms with Crippen LogP contribution in [0.4, 0.5) is 11.4 Å². The Morgan fingerprint density at radius 2 is 1.48 bits per heavy atom. The summed E-state index contributed by atoms with van der Waals surface area (Å²) >= 11 is 0. The van der Waals surface area contributed by atoms with E-state index in [4.69, 9.17) is 0 Å². The summed E-state index contributed by atoms with van der Waals surface area (Å²) in [7, 11) is 0. The van der Waals surface area contributed by atoms with Crippen molar-refractivity contribution in [2.45, 2.75) is 13.1 Å². The highest BCUT2D eigenvalue weighted by Gasteiger charge is 2.22. The van der Waals surface area contributed by atoms with Crippen LogP contribution in [0.1, 0.15) is 17.3 Å². The molecule has 0 amide bonds. The number of para-hydroxylation sites is 1. The molecule has 3 aromatic rings. The van der Waals surface area contributed by atoms with Gasteiger partial charge >= 0.3 is 0 Å². The minimum absolute atomic E-state index is 0.134. The van der Waals surface area contributed by atoms with Crippen LogP contribution in [0.2, 0.25) is 0 Å². The molecule has 0 atom stereocenters. The van der Waals surface area contributed by atoms with Crippen LogP contribution in [0.3, 0.4) is 0 Å². The molecule has 3 heteroatoms. The SMILES string of the molecule is Cc1cccc(C2Nc3cccc4cccc(c34)N2)c1O. The van der Waals surface area contributed by atoms with Gasteiger partial charge in [0, 0.05) is 22.3 Å². The third-order valence-corrected chi connectivity index (χ3v) is 4.08. The predicted molar refractivity (Wildman–Crippen MR) is 86.8 cm³/mol. The van der Waals surface area contributed by atoms with Crippen LogP contribution in [0.25, 0.3) is 10.8 Å². The first-order valence-corrected chi connectivity index (χ1v) is 7.07. The van der Waals surface area contributed by atoms with Crippen molar-refractivity contribution in [2.75, 3.05) is 10.6 Å². The second-order valence-corrected chi connectivity index (χ2v) is 5.44. The van der Waals surface area contributed by atoms with Crippen LogP contribution in [-0.4, -0.2) is 5.11 Å². The van der Waals surface area contributed by atoms with Crippen LogP contribution in [-0.2, 0) is 0 Å². The highest BCUT2D eigenvalue weighted by Crippen LogP contribution is 2.40. The molecule has 0 bridgehead atoms. The predicted octanol–water partition coefficient (Wildman–Crippen LogP) is 4.39. The van der Waals surface area contributed by atoms with Crippen LogP contribution >= 0.6 is 0 Å². The smallest absolute Gasteiger partial charge is 0.127 e. The molecule has 0 unspecified atom stereocenters. The quantitative estimate of drug-likeness (QED) is 0.617. The Bertz CT molecular complexity index is 801. The fourth-order valence-corrected chi connectivity index (χ4v) is 3.00. The maximum absolute atomic E-state index is 10.3. The molecule has 21 heavy (non-hydrogen) atoms. The Balaban J connectivity index is 1.85. The van der Waals surface area contributed by atoms with E-state index in [1.54, 1.807) is 0 Å². The van der Waals surface area contributed by atoms with Gasteiger partial charge in [-0.3, -0.25) is 0 Å². The third-order valence-electron chi connectivity index (χ3n) is 4.08. The largest absolute Gasteiger partial charge is 0.507 e. The summed E-state index contributed by atoms with van der Waals surface area (Å²) in [6, 6.07) is 18.3. The van der Waals surface area contributed by atoms with Crippen molar-refractivity contribution in [3.8, 4) is 5.75 Å². The number of benzene rings is 3. The van der Waals surface area contributed by atoms with E-state index in [2.05, 4.69) is 34.9 Å². The number of aryl methyl sites for hydroxylation is 1. The first-order valence-electron chi connectivity index (χ1n) is 7.07. The van der Waals surface area contributed by atoms with Crippen molar-refractivity contribution >= 4 is 22.1 Å². The Hall–Kier alpha value is -2.68. The number of rotatable bonds is 1. The van der Waals surface area contributed by atoms with Crippen molar-refractivity contribution in [3.05, 3.63) is 65.7 Å². The van der Waals surface area contributed by atoms with Gasteiger partial charge in [0.2, 0.25) is 0 Å². The molecule has 3 aromatic carbocycles. The van der Waals surface area contributed by atoms with Crippen LogP contribution in [0.5, 0.6) is 5.75 Å². The third kappa shape index (κ3) is 1.82. The van der Waals surface area contributed by atoms with E-state index in [9.17, 15) is 5.11 Å². The van der Waals surface area contributed by atoms with Crippen molar-refractivity contribution in [1.82, 2.24) is 0 Å². The second kappa shape index (κ2) is 4.42. The lowest BCUT2D eigenvalue weighted by atomic mass is 10.0. The summed E-state index contributed by atoms with van der Waals surface area (Å²) in [5.41, 5.74) is 3.93. The summed E-state index contributed by atoms with van der Waals surface area (Å²) in [4.78, 5) is 0. The summed E-state index contributed by atoms with van der Waals surface area (Å²) in [5.74, 6) is 0.342. The maximum Gasteiger partial charge on any atom is 0.127 e. The summed E-state index contributed by atoms with van der Waals surface area (Å²) < 4.78 is 0. The van der Waals surface area contributed by atoms with E-state index in [1.807, 2.05) is 37.3 Å². The highest BCUT2D eigenvalue weighted by molar-refractivity contribution is 6.04. The molecule has 1 aliphatic rings. The van der Waals surface area contributed by atoms with Gasteiger partial charge in [-0.2, -0.15) is 0 Å². The van der Waals surface area contributed by atoms with E-state index >= 15 is 0 Å². The molecule has 0 spiro atoms. The zero-order chi connectivity index (χ0) is 14.4. The zero-order valence-corrected chi connectivity index (χ0v) is 11.7. The number of hydrogen-bond acceptors (Lipinski definition) is 3. The fourth-order valence-electron chi connectivity index (χ4n) is 3.00. The summed E-state index contributed by atoms with van der Waals surface area (Å²) in [6.07, 6.45) is -0.134. The molecule has 0 radical (unpaired) electrons. The number of anilines is 2. The molecule has 0 saturated carbocycles. The molecule has 0 saturated heterocycles. The van der Waals surface area contributed by atoms with E-state index in [-0.39, 0.29) is 6.17 Å². The molecule has 0 aromatic heterocycles. The van der Waals surface area contributed by atoms with Gasteiger partial charge in [0.05, 0.1) is 0 Å². The summed E-state index contributed by atoms with van der Waals surface area (Å²) in [5, 5.41) is 19.7. The van der Waals surface area contributed by atoms with Crippen molar-refractivity contribution in [3.63, 3.8) is 0 Å². The zero-order valence-electron chi connectivity index (χ0n) is 11.7. The number of nitrogens with one attached hydrogen (secondary N) is 2. The number of phenolic OH excluding ortho intramolecular Hbond substituents is 1. The molecule has 4 rings (SSSR count). The number of hydrogen-bond donors (Lipinski definition) is 3. The average molecular weight is 276 g/mol. The van der Waals surface area contributed by atoms with E-state index in [0.717, 1.165) is 22.5 Å². The van der Waals surface area contributed by atoms with Gasteiger partial charge in [-0.25, -0.2) is 0 Å². The van der Waals surface area contributed by atoms with E-state index < -0.39 is 0 Å². The lowest BCUT2D eigenvalue weighted by Crippen LogP contribution is -2.23. The van der Waals surface area contributed by atoms with Gasteiger partial charge < -0.3 is 15.7 Å². The van der Waals surface area contributed by atoms with E-state index in [1.165, 1.54) is 10.8 Å². The molecule has 3 N–H and O–H groups in total. The van der Waals surface area contributed by atoms with Crippen molar-refractivity contribution < 1.29 is 5.11 Å². The first kappa shape index (κ1) is 12.1. The summed E-state index contributed by atoms with van der Waals surface area (Å²) in [6.45, 7) is 1.91. The van der Waals surface area contributed by atoms with Crippen LogP contribution in [0.15, 0.2) is 54.6 Å². The monoisotopic (exact) mass is 276 g/mol. The van der Waals surface area contributed by atoms with Gasteiger partial charge in [-0.1, -0.05) is 42.5 Å². The van der Waals surface area contributed by atoms with Crippen LogP contribution < -0.4 is 10.6 Å². The Morgan fingerprint density at radius 1 is 0.857 bits per heavy atom. The highest BCUT2D eigenvalue weighted by atomic mass is 16.3. The van der Waals surface area contributed by atoms with Gasteiger partial charge in [0.25, 0.3) is 0 Å². The lowest BCUT2D eigenvalue weighted by molar-refractivity contribution is 0.461. The molecular formula is C18H16N2O.